The van der Waals surface area contributed by atoms with E-state index >= 15 is 0 Å². The molecule has 164 valence electrons. The second-order valence-electron chi connectivity index (χ2n) is 8.00. The number of rotatable bonds is 14. The molecule has 0 amide bonds. The van der Waals surface area contributed by atoms with E-state index in [9.17, 15) is 4.79 Å². The quantitative estimate of drug-likeness (QED) is 0.235. The lowest BCUT2D eigenvalue weighted by molar-refractivity contribution is -0.148. The van der Waals surface area contributed by atoms with Crippen LogP contribution in [-0.2, 0) is 9.53 Å². The summed E-state index contributed by atoms with van der Waals surface area (Å²) >= 11 is 0. The molecule has 0 saturated heterocycles. The van der Waals surface area contributed by atoms with Gasteiger partial charge in [0.25, 0.3) is 0 Å². The van der Waals surface area contributed by atoms with Gasteiger partial charge in [-0.15, -0.1) is 0 Å². The molecule has 0 radical (unpaired) electrons. The second kappa shape index (κ2) is 13.8. The van der Waals surface area contributed by atoms with E-state index < -0.39 is 0 Å². The van der Waals surface area contributed by atoms with Crippen molar-refractivity contribution in [3.8, 4) is 16.9 Å². The van der Waals surface area contributed by atoms with Gasteiger partial charge in [-0.2, -0.15) is 0 Å². The number of carbonyl (C=O) groups excluding carboxylic acids is 1. The van der Waals surface area contributed by atoms with Crippen molar-refractivity contribution in [3.05, 3.63) is 54.1 Å². The Hall–Kier alpha value is -2.29. The summed E-state index contributed by atoms with van der Waals surface area (Å²) in [5, 5.41) is 0. The van der Waals surface area contributed by atoms with E-state index in [1.54, 1.807) is 0 Å². The summed E-state index contributed by atoms with van der Waals surface area (Å²) in [5.41, 5.74) is 3.32. The highest BCUT2D eigenvalue weighted by Gasteiger charge is 2.12. The maximum atomic E-state index is 12.1. The number of hydrogen-bond donors (Lipinski definition) is 0. The van der Waals surface area contributed by atoms with Crippen LogP contribution in [0.3, 0.4) is 0 Å². The molecule has 0 aliphatic heterocycles. The first-order chi connectivity index (χ1) is 14.6. The Labute approximate surface area is 182 Å². The fourth-order valence-corrected chi connectivity index (χ4v) is 3.40. The predicted molar refractivity (Wildman–Crippen MR) is 125 cm³/mol. The minimum Gasteiger partial charge on any atom is -0.494 e. The van der Waals surface area contributed by atoms with Gasteiger partial charge in [0.2, 0.25) is 0 Å². The van der Waals surface area contributed by atoms with E-state index in [2.05, 4.69) is 38.1 Å². The first kappa shape index (κ1) is 24.0. The Bertz CT molecular complexity index is 719. The SMILES string of the molecule is CCCCCCCCC(=O)OC(C)c1ccc(-c2ccc(OCCCC)cc2)cc1. The van der Waals surface area contributed by atoms with Gasteiger partial charge in [0.15, 0.2) is 0 Å². The molecule has 0 aliphatic carbocycles. The number of ether oxygens (including phenoxy) is 2. The van der Waals surface area contributed by atoms with Crippen molar-refractivity contribution in [2.45, 2.75) is 84.7 Å². The molecule has 0 heterocycles. The predicted octanol–water partition coefficient (Wildman–Crippen LogP) is 7.89. The molecule has 0 bridgehead atoms. The summed E-state index contributed by atoms with van der Waals surface area (Å²) < 4.78 is 11.3. The maximum absolute atomic E-state index is 12.1. The van der Waals surface area contributed by atoms with Gasteiger partial charge in [-0.1, -0.05) is 88.8 Å². The number of benzene rings is 2. The van der Waals surface area contributed by atoms with E-state index in [4.69, 9.17) is 9.47 Å². The molecule has 0 fully saturated rings. The van der Waals surface area contributed by atoms with Gasteiger partial charge >= 0.3 is 5.97 Å². The van der Waals surface area contributed by atoms with E-state index in [1.165, 1.54) is 25.7 Å². The highest BCUT2D eigenvalue weighted by Crippen LogP contribution is 2.25. The molecular formula is C27H38O3. The average Bonchev–Trinajstić information content (AvgIpc) is 2.77. The summed E-state index contributed by atoms with van der Waals surface area (Å²) in [6.45, 7) is 7.08. The van der Waals surface area contributed by atoms with E-state index in [0.717, 1.165) is 54.7 Å². The van der Waals surface area contributed by atoms with Gasteiger partial charge in [0, 0.05) is 6.42 Å². The highest BCUT2D eigenvalue weighted by atomic mass is 16.5. The fourth-order valence-electron chi connectivity index (χ4n) is 3.40. The van der Waals surface area contributed by atoms with Crippen molar-refractivity contribution < 1.29 is 14.3 Å². The highest BCUT2D eigenvalue weighted by molar-refractivity contribution is 5.69. The Kier molecular flexibility index (Phi) is 11.1. The molecule has 3 nitrogen and oxygen atoms in total. The number of esters is 1. The normalized spacial score (nSPS) is 11.8. The number of unbranched alkanes of at least 4 members (excludes halogenated alkanes) is 6. The standard InChI is InChI=1S/C27H38O3/c1-4-6-8-9-10-11-12-27(28)30-22(3)23-13-15-24(16-14-23)25-17-19-26(20-18-25)29-21-7-5-2/h13-20,22H,4-12,21H2,1-3H3. The van der Waals surface area contributed by atoms with Crippen LogP contribution in [0.2, 0.25) is 0 Å². The van der Waals surface area contributed by atoms with Crippen LogP contribution < -0.4 is 4.74 Å². The summed E-state index contributed by atoms with van der Waals surface area (Å²) in [7, 11) is 0. The minimum atomic E-state index is -0.221. The molecule has 0 N–H and O–H groups in total. The van der Waals surface area contributed by atoms with Gasteiger partial charge in [0.05, 0.1) is 6.61 Å². The molecule has 0 aromatic heterocycles. The summed E-state index contributed by atoms with van der Waals surface area (Å²) in [6.07, 6.45) is 9.55. The van der Waals surface area contributed by atoms with Gasteiger partial charge in [-0.3, -0.25) is 4.79 Å². The van der Waals surface area contributed by atoms with Crippen LogP contribution in [-0.4, -0.2) is 12.6 Å². The zero-order valence-corrected chi connectivity index (χ0v) is 19.0. The summed E-state index contributed by atoms with van der Waals surface area (Å²) in [6, 6.07) is 16.5. The van der Waals surface area contributed by atoms with E-state index in [1.807, 2.05) is 31.2 Å². The van der Waals surface area contributed by atoms with Crippen LogP contribution in [0, 0.1) is 0 Å². The molecule has 1 unspecified atom stereocenters. The Morgan fingerprint density at radius 2 is 1.33 bits per heavy atom. The van der Waals surface area contributed by atoms with Gasteiger partial charge in [-0.25, -0.2) is 0 Å². The zero-order chi connectivity index (χ0) is 21.6. The zero-order valence-electron chi connectivity index (χ0n) is 19.0. The summed E-state index contributed by atoms with van der Waals surface area (Å²) in [5.74, 6) is 0.815. The molecule has 3 heteroatoms. The molecule has 30 heavy (non-hydrogen) atoms. The first-order valence-electron chi connectivity index (χ1n) is 11.7. The third-order valence-corrected chi connectivity index (χ3v) is 5.38. The van der Waals surface area contributed by atoms with Gasteiger partial charge < -0.3 is 9.47 Å². The van der Waals surface area contributed by atoms with Crippen LogP contribution in [0.5, 0.6) is 5.75 Å². The van der Waals surface area contributed by atoms with Crippen molar-refractivity contribution in [3.63, 3.8) is 0 Å². The van der Waals surface area contributed by atoms with E-state index in [-0.39, 0.29) is 12.1 Å². The van der Waals surface area contributed by atoms with Gasteiger partial charge in [0.1, 0.15) is 11.9 Å². The lowest BCUT2D eigenvalue weighted by atomic mass is 10.0. The van der Waals surface area contributed by atoms with Gasteiger partial charge in [-0.05, 0) is 48.6 Å². The van der Waals surface area contributed by atoms with Crippen molar-refractivity contribution in [1.29, 1.82) is 0 Å². The molecular weight excluding hydrogens is 372 g/mol. The van der Waals surface area contributed by atoms with Crippen LogP contribution in [0.25, 0.3) is 11.1 Å². The molecule has 1 atom stereocenters. The van der Waals surface area contributed by atoms with Crippen LogP contribution in [0.15, 0.2) is 48.5 Å². The van der Waals surface area contributed by atoms with Crippen molar-refractivity contribution >= 4 is 5.97 Å². The monoisotopic (exact) mass is 410 g/mol. The molecule has 2 rings (SSSR count). The number of hydrogen-bond acceptors (Lipinski definition) is 3. The lowest BCUT2D eigenvalue weighted by Gasteiger charge is -2.14. The number of carbonyl (C=O) groups is 1. The third kappa shape index (κ3) is 8.61. The first-order valence-corrected chi connectivity index (χ1v) is 11.7. The maximum Gasteiger partial charge on any atom is 0.306 e. The Morgan fingerprint density at radius 1 is 0.767 bits per heavy atom. The molecule has 0 saturated carbocycles. The smallest absolute Gasteiger partial charge is 0.306 e. The van der Waals surface area contributed by atoms with Crippen molar-refractivity contribution in [2.24, 2.45) is 0 Å². The van der Waals surface area contributed by atoms with E-state index in [0.29, 0.717) is 6.42 Å². The van der Waals surface area contributed by atoms with Crippen molar-refractivity contribution in [2.75, 3.05) is 6.61 Å². The van der Waals surface area contributed by atoms with Crippen molar-refractivity contribution in [1.82, 2.24) is 0 Å². The molecule has 0 aliphatic rings. The third-order valence-electron chi connectivity index (χ3n) is 5.38. The minimum absolute atomic E-state index is 0.0965. The largest absolute Gasteiger partial charge is 0.494 e. The molecule has 2 aromatic rings. The molecule has 2 aromatic carbocycles. The van der Waals surface area contributed by atoms with Crippen LogP contribution in [0.1, 0.15) is 90.2 Å². The molecule has 0 spiro atoms. The van der Waals surface area contributed by atoms with Crippen LogP contribution >= 0.6 is 0 Å². The Balaban J connectivity index is 1.79. The summed E-state index contributed by atoms with van der Waals surface area (Å²) in [4.78, 5) is 12.1. The average molecular weight is 411 g/mol. The fraction of sp³-hybridized carbons (Fsp3) is 0.519. The lowest BCUT2D eigenvalue weighted by Crippen LogP contribution is -2.08. The van der Waals surface area contributed by atoms with Crippen LogP contribution in [0.4, 0.5) is 0 Å². The second-order valence-corrected chi connectivity index (χ2v) is 8.00. The topological polar surface area (TPSA) is 35.5 Å². The Morgan fingerprint density at radius 3 is 1.97 bits per heavy atom.